The Kier molecular flexibility index (Phi) is 5.85. The van der Waals surface area contributed by atoms with Crippen molar-refractivity contribution < 1.29 is 24.1 Å². The zero-order valence-corrected chi connectivity index (χ0v) is 15.0. The topological polar surface area (TPSA) is 57.2 Å². The van der Waals surface area contributed by atoms with Crippen molar-refractivity contribution >= 4 is 12.6 Å². The van der Waals surface area contributed by atoms with E-state index in [1.54, 1.807) is 6.92 Å². The quantitative estimate of drug-likeness (QED) is 0.629. The minimum atomic E-state index is -1.24. The van der Waals surface area contributed by atoms with Crippen LogP contribution in [0, 0.1) is 0 Å². The summed E-state index contributed by atoms with van der Waals surface area (Å²) < 4.78 is 23.8. The highest BCUT2D eigenvalue weighted by Crippen LogP contribution is 2.40. The van der Waals surface area contributed by atoms with Crippen LogP contribution in [0.15, 0.2) is 30.3 Å². The first kappa shape index (κ1) is 18.2. The van der Waals surface area contributed by atoms with Crippen molar-refractivity contribution in [3.05, 3.63) is 35.9 Å². The average molecular weight is 354 g/mol. The maximum atomic E-state index is 10.9. The van der Waals surface area contributed by atoms with Crippen molar-refractivity contribution in [2.45, 2.75) is 62.3 Å². The smallest absolute Gasteiger partial charge is 0.184 e. The van der Waals surface area contributed by atoms with E-state index in [0.717, 1.165) is 18.4 Å². The zero-order valence-electron chi connectivity index (χ0n) is 14.1. The Morgan fingerprint density at radius 3 is 2.75 bits per heavy atom. The Morgan fingerprint density at radius 1 is 1.29 bits per heavy atom. The largest absolute Gasteiger partial charge is 0.384 e. The predicted molar refractivity (Wildman–Crippen MR) is 92.9 cm³/mol. The third-order valence-electron chi connectivity index (χ3n) is 4.60. The van der Waals surface area contributed by atoms with E-state index < -0.39 is 29.5 Å². The number of aliphatic hydroxyl groups is 1. The third kappa shape index (κ3) is 3.64. The van der Waals surface area contributed by atoms with Gasteiger partial charge in [-0.05, 0) is 13.3 Å². The first-order valence-electron chi connectivity index (χ1n) is 8.53. The van der Waals surface area contributed by atoms with Gasteiger partial charge in [0, 0.05) is 12.2 Å². The summed E-state index contributed by atoms with van der Waals surface area (Å²) in [5.41, 5.74) is -0.946. The fraction of sp³-hybridized carbons (Fsp3) is 0.667. The van der Waals surface area contributed by atoms with Gasteiger partial charge in [0.25, 0.3) is 0 Å². The molecule has 2 aliphatic rings. The summed E-state index contributed by atoms with van der Waals surface area (Å²) in [7, 11) is 0. The van der Waals surface area contributed by atoms with Gasteiger partial charge >= 0.3 is 0 Å². The first-order chi connectivity index (χ1) is 11.5. The van der Waals surface area contributed by atoms with E-state index in [2.05, 4.69) is 19.6 Å². The number of unbranched alkanes of at least 4 members (excludes halogenated alkanes) is 1. The van der Waals surface area contributed by atoms with Crippen molar-refractivity contribution in [3.63, 3.8) is 0 Å². The average Bonchev–Trinajstić information content (AvgIpc) is 2.59. The van der Waals surface area contributed by atoms with Crippen LogP contribution in [-0.2, 0) is 18.9 Å². The summed E-state index contributed by atoms with van der Waals surface area (Å²) in [6, 6.07) is 9.76. The molecule has 1 aromatic rings. The highest BCUT2D eigenvalue weighted by atomic mass is 32.1. The second-order valence-corrected chi connectivity index (χ2v) is 7.04. The van der Waals surface area contributed by atoms with Gasteiger partial charge in [0.15, 0.2) is 6.29 Å². The maximum absolute atomic E-state index is 10.9. The summed E-state index contributed by atoms with van der Waals surface area (Å²) in [5, 5.41) is 10.9. The number of hydrogen-bond acceptors (Lipinski definition) is 6. The molecule has 5 nitrogen and oxygen atoms in total. The molecule has 1 N–H and O–H groups in total. The van der Waals surface area contributed by atoms with Crippen LogP contribution in [0.3, 0.4) is 0 Å². The van der Waals surface area contributed by atoms with Crippen LogP contribution < -0.4 is 0 Å². The minimum Gasteiger partial charge on any atom is -0.384 e. The number of rotatable bonds is 5. The molecule has 2 aliphatic heterocycles. The van der Waals surface area contributed by atoms with E-state index in [1.165, 1.54) is 0 Å². The highest BCUT2D eigenvalue weighted by Gasteiger charge is 2.55. The van der Waals surface area contributed by atoms with Crippen LogP contribution >= 0.6 is 12.6 Å². The highest BCUT2D eigenvalue weighted by molar-refractivity contribution is 7.80. The summed E-state index contributed by atoms with van der Waals surface area (Å²) >= 11 is 4.39. The van der Waals surface area contributed by atoms with Crippen LogP contribution in [0.1, 0.15) is 38.5 Å². The molecule has 2 saturated heterocycles. The van der Waals surface area contributed by atoms with Crippen molar-refractivity contribution in [2.24, 2.45) is 0 Å². The Bertz CT molecular complexity index is 523. The molecule has 2 fully saturated rings. The van der Waals surface area contributed by atoms with Gasteiger partial charge in [0.05, 0.1) is 6.61 Å². The molecule has 24 heavy (non-hydrogen) atoms. The van der Waals surface area contributed by atoms with Gasteiger partial charge in [-0.25, -0.2) is 0 Å². The fourth-order valence-electron chi connectivity index (χ4n) is 3.11. The lowest BCUT2D eigenvalue weighted by molar-refractivity contribution is -0.340. The lowest BCUT2D eigenvalue weighted by atomic mass is 9.88. The summed E-state index contributed by atoms with van der Waals surface area (Å²) in [4.78, 5) is 0. The van der Waals surface area contributed by atoms with Crippen molar-refractivity contribution in [3.8, 4) is 0 Å². The molecule has 3 rings (SSSR count). The second kappa shape index (κ2) is 7.72. The zero-order chi connectivity index (χ0) is 17.2. The van der Waals surface area contributed by atoms with Gasteiger partial charge in [-0.2, -0.15) is 0 Å². The van der Waals surface area contributed by atoms with Gasteiger partial charge < -0.3 is 24.1 Å². The number of fused-ring (bicyclic) bond motifs is 1. The number of ether oxygens (including phenoxy) is 4. The third-order valence-corrected chi connectivity index (χ3v) is 5.25. The van der Waals surface area contributed by atoms with Gasteiger partial charge in [0.2, 0.25) is 0 Å². The molecule has 0 bridgehead atoms. The molecule has 0 aromatic heterocycles. The van der Waals surface area contributed by atoms with Gasteiger partial charge in [-0.15, -0.1) is 12.6 Å². The van der Waals surface area contributed by atoms with E-state index in [0.29, 0.717) is 13.2 Å². The number of hydrogen-bond donors (Lipinski definition) is 2. The van der Waals surface area contributed by atoms with Crippen LogP contribution in [-0.4, -0.2) is 47.7 Å². The first-order valence-corrected chi connectivity index (χ1v) is 9.05. The Balaban J connectivity index is 1.78. The Labute approximate surface area is 148 Å². The molecule has 1 aromatic carbocycles. The maximum Gasteiger partial charge on any atom is 0.184 e. The van der Waals surface area contributed by atoms with Gasteiger partial charge in [-0.1, -0.05) is 43.7 Å². The summed E-state index contributed by atoms with van der Waals surface area (Å²) in [6.07, 6.45) is 0.251. The molecular weight excluding hydrogens is 328 g/mol. The summed E-state index contributed by atoms with van der Waals surface area (Å²) in [5.74, 6) is 0. The second-order valence-electron chi connectivity index (χ2n) is 6.57. The SMILES string of the molecule is CCCCOC1[C@@H]2OC(c3ccccc3)OCC2O[C@@H](S)C1(C)O. The van der Waals surface area contributed by atoms with Crippen LogP contribution in [0.2, 0.25) is 0 Å². The number of thiol groups is 1. The Hall–Kier alpha value is -0.630. The molecule has 2 heterocycles. The molecule has 0 aliphatic carbocycles. The molecule has 0 spiro atoms. The lowest BCUT2D eigenvalue weighted by Gasteiger charge is -2.51. The standard InChI is InChI=1S/C18H26O5S/c1-3-4-10-20-15-14-13(22-17(24)18(15,2)19)11-21-16(23-14)12-8-6-5-7-9-12/h5-9,13-17,19,24H,3-4,10-11H2,1-2H3/t13?,14-,15?,16?,17+,18?/m1/s1. The number of benzene rings is 1. The van der Waals surface area contributed by atoms with Crippen LogP contribution in [0.25, 0.3) is 0 Å². The van der Waals surface area contributed by atoms with Crippen molar-refractivity contribution in [2.75, 3.05) is 13.2 Å². The fourth-order valence-corrected chi connectivity index (χ4v) is 3.41. The molecule has 0 radical (unpaired) electrons. The summed E-state index contributed by atoms with van der Waals surface area (Å²) in [6.45, 7) is 4.74. The predicted octanol–water partition coefficient (Wildman–Crippen LogP) is 2.69. The molecule has 6 atom stereocenters. The molecular formula is C18H26O5S. The van der Waals surface area contributed by atoms with Crippen LogP contribution in [0.5, 0.6) is 0 Å². The van der Waals surface area contributed by atoms with E-state index in [9.17, 15) is 5.11 Å². The lowest BCUT2D eigenvalue weighted by Crippen LogP contribution is -2.66. The monoisotopic (exact) mass is 354 g/mol. The molecule has 0 saturated carbocycles. The van der Waals surface area contributed by atoms with Crippen LogP contribution in [0.4, 0.5) is 0 Å². The van der Waals surface area contributed by atoms with Gasteiger partial charge in [0.1, 0.15) is 29.3 Å². The van der Waals surface area contributed by atoms with E-state index in [4.69, 9.17) is 18.9 Å². The minimum absolute atomic E-state index is 0.306. The van der Waals surface area contributed by atoms with Crippen molar-refractivity contribution in [1.29, 1.82) is 0 Å². The molecule has 134 valence electrons. The Morgan fingerprint density at radius 2 is 2.04 bits per heavy atom. The normalized spacial score (nSPS) is 39.4. The van der Waals surface area contributed by atoms with Crippen molar-refractivity contribution in [1.82, 2.24) is 0 Å². The van der Waals surface area contributed by atoms with E-state index >= 15 is 0 Å². The molecule has 4 unspecified atom stereocenters. The molecule has 0 amide bonds. The van der Waals surface area contributed by atoms with E-state index in [-0.39, 0.29) is 6.10 Å². The molecule has 6 heteroatoms. The van der Waals surface area contributed by atoms with E-state index in [1.807, 2.05) is 30.3 Å². The van der Waals surface area contributed by atoms with Gasteiger partial charge in [-0.3, -0.25) is 0 Å².